The van der Waals surface area contributed by atoms with Gasteiger partial charge >= 0.3 is 0 Å². The number of anilines is 4. The second-order valence-electron chi connectivity index (χ2n) is 30.4. The summed E-state index contributed by atoms with van der Waals surface area (Å²) >= 11 is 1.87. The van der Waals surface area contributed by atoms with Gasteiger partial charge in [-0.1, -0.05) is 216 Å². The molecule has 0 saturated carbocycles. The highest BCUT2D eigenvalue weighted by Gasteiger charge is 2.34. The average molecular weight is 1140 g/mol. The van der Waals surface area contributed by atoms with Crippen LogP contribution < -0.4 is 14.5 Å². The Bertz CT molecular complexity index is 4290. The van der Waals surface area contributed by atoms with E-state index in [1.165, 1.54) is 97.8 Å². The van der Waals surface area contributed by atoms with Crippen LogP contribution >= 0.6 is 11.3 Å². The van der Waals surface area contributed by atoms with Crippen LogP contribution in [0, 0.1) is 6.92 Å². The van der Waals surface area contributed by atoms with Gasteiger partial charge in [0.2, 0.25) is 0 Å². The molecule has 0 bridgehead atoms. The third kappa shape index (κ3) is 10.6. The van der Waals surface area contributed by atoms with Gasteiger partial charge in [0, 0.05) is 66.1 Å². The lowest BCUT2D eigenvalue weighted by atomic mass is 9.77. The van der Waals surface area contributed by atoms with Crippen LogP contribution in [0.25, 0.3) is 70.0 Å². The lowest BCUT2D eigenvalue weighted by Gasteiger charge is -2.31. The number of hydrogen-bond donors (Lipinski definition) is 0. The molecule has 85 heavy (non-hydrogen) atoms. The van der Waals surface area contributed by atoms with Crippen LogP contribution in [0.15, 0.2) is 164 Å². The molecule has 434 valence electrons. The summed E-state index contributed by atoms with van der Waals surface area (Å²) in [5.41, 5.74) is 20.2. The summed E-state index contributed by atoms with van der Waals surface area (Å²) < 4.78 is 12.2. The highest BCUT2D eigenvalue weighted by molar-refractivity contribution is 7.26. The molecule has 6 heteroatoms. The Morgan fingerprint density at radius 3 is 1.53 bits per heavy atom. The second-order valence-corrected chi connectivity index (χ2v) is 31.5. The van der Waals surface area contributed by atoms with Gasteiger partial charge in [-0.2, -0.15) is 0 Å². The van der Waals surface area contributed by atoms with Crippen LogP contribution in [0.1, 0.15) is 164 Å². The third-order valence-electron chi connectivity index (χ3n) is 17.7. The van der Waals surface area contributed by atoms with E-state index in [4.69, 9.17) is 9.72 Å². The van der Waals surface area contributed by atoms with Gasteiger partial charge in [0.05, 0.1) is 28.1 Å². The fourth-order valence-electron chi connectivity index (χ4n) is 12.6. The SMILES string of the molecule is Cc1cnc(-n2c3cc(Oc4cc(N5CN(c6c(-c7cc(C(C)(C)C)cc(C(C)(C)C)c7)cccc6-c6cc(C(C)(C)C)cc(C(C)(C)C)c6)c6ccccc65)cc(C(C)(C)C)c4)ccc3c3c4sc5ccccc5c4ccc32)cc1C(C)(C)C. The van der Waals surface area contributed by atoms with Crippen molar-refractivity contribution in [2.24, 2.45) is 0 Å². The highest BCUT2D eigenvalue weighted by Crippen LogP contribution is 2.53. The molecule has 0 saturated heterocycles. The first-order valence-corrected chi connectivity index (χ1v) is 31.4. The molecule has 8 aromatic carbocycles. The van der Waals surface area contributed by atoms with Gasteiger partial charge < -0.3 is 14.5 Å². The number of nitrogens with zero attached hydrogens (tertiary/aromatic N) is 4. The van der Waals surface area contributed by atoms with Crippen molar-refractivity contribution in [3.05, 3.63) is 203 Å². The number of benzene rings is 8. The van der Waals surface area contributed by atoms with Gasteiger partial charge in [-0.15, -0.1) is 11.3 Å². The number of thiophene rings is 1. The molecule has 0 aliphatic carbocycles. The van der Waals surface area contributed by atoms with E-state index < -0.39 is 0 Å². The summed E-state index contributed by atoms with van der Waals surface area (Å²) in [5, 5.41) is 4.99. The summed E-state index contributed by atoms with van der Waals surface area (Å²) in [6.45, 7) is 44.6. The smallest absolute Gasteiger partial charge is 0.137 e. The third-order valence-corrected chi connectivity index (χ3v) is 18.9. The molecule has 0 atom stereocenters. The molecule has 3 aromatic heterocycles. The summed E-state index contributed by atoms with van der Waals surface area (Å²) in [4.78, 5) is 10.3. The number of rotatable bonds is 7. The van der Waals surface area contributed by atoms with Crippen molar-refractivity contribution < 1.29 is 4.74 Å². The molecule has 1 aliphatic rings. The lowest BCUT2D eigenvalue weighted by Crippen LogP contribution is -2.25. The van der Waals surface area contributed by atoms with Gasteiger partial charge in [0.15, 0.2) is 0 Å². The largest absolute Gasteiger partial charge is 0.457 e. The molecule has 0 fully saturated rings. The van der Waals surface area contributed by atoms with Gasteiger partial charge in [-0.25, -0.2) is 4.98 Å². The van der Waals surface area contributed by atoms with Crippen LogP contribution in [0.3, 0.4) is 0 Å². The summed E-state index contributed by atoms with van der Waals surface area (Å²) in [6.07, 6.45) is 2.04. The van der Waals surface area contributed by atoms with Crippen LogP contribution in [-0.2, 0) is 32.5 Å². The van der Waals surface area contributed by atoms with Crippen molar-refractivity contribution >= 4 is 76.1 Å². The zero-order valence-corrected chi connectivity index (χ0v) is 54.7. The minimum absolute atomic E-state index is 0.0592. The Morgan fingerprint density at radius 2 is 0.965 bits per heavy atom. The fraction of sp³-hybridized carbons (Fsp3) is 0.329. The molecule has 11 aromatic rings. The lowest BCUT2D eigenvalue weighted by molar-refractivity contribution is 0.479. The van der Waals surface area contributed by atoms with Crippen molar-refractivity contribution in [2.75, 3.05) is 16.5 Å². The molecule has 0 N–H and O–H groups in total. The molecule has 4 heterocycles. The zero-order chi connectivity index (χ0) is 60.7. The van der Waals surface area contributed by atoms with Gasteiger partial charge in [-0.05, 0) is 144 Å². The molecule has 0 spiro atoms. The standard InChI is InChI=1S/C79H86N4OS/c1-48-46-80-70(45-64(48)79(17,18)19)83-67-34-33-62-61-25-20-23-30-69(61)85-73(62)71(67)63-32-31-57(44-68(63)83)84-58-42-55(78(14,15)16)41-56(43-58)81-47-82(66-29-22-21-28-65(66)81)72-59(49-35-51(74(2,3)4)39-52(36-49)75(5,6)7)26-24-27-60(72)50-37-53(76(8,9)10)40-54(38-50)77(11,12)13/h20-46H,47H2,1-19H3. The van der Waals surface area contributed by atoms with E-state index in [0.29, 0.717) is 6.67 Å². The van der Waals surface area contributed by atoms with E-state index in [1.54, 1.807) is 0 Å². The van der Waals surface area contributed by atoms with Crippen LogP contribution in [0.5, 0.6) is 11.5 Å². The minimum Gasteiger partial charge on any atom is -0.457 e. The predicted octanol–water partition coefficient (Wildman–Crippen LogP) is 23.0. The average Bonchev–Trinajstić information content (AvgIpc) is 1.64. The number of fused-ring (bicyclic) bond motifs is 8. The Kier molecular flexibility index (Phi) is 13.7. The van der Waals surface area contributed by atoms with E-state index >= 15 is 0 Å². The molecule has 0 radical (unpaired) electrons. The molecular formula is C79H86N4OS. The predicted molar refractivity (Wildman–Crippen MR) is 368 cm³/mol. The van der Waals surface area contributed by atoms with Crippen molar-refractivity contribution in [3.63, 3.8) is 0 Å². The van der Waals surface area contributed by atoms with Crippen LogP contribution in [-0.4, -0.2) is 16.2 Å². The molecule has 0 amide bonds. The first-order chi connectivity index (χ1) is 39.8. The maximum absolute atomic E-state index is 7.28. The Morgan fingerprint density at radius 1 is 0.435 bits per heavy atom. The summed E-state index contributed by atoms with van der Waals surface area (Å²) in [5.74, 6) is 2.46. The number of pyridine rings is 1. The monoisotopic (exact) mass is 1140 g/mol. The van der Waals surface area contributed by atoms with Crippen molar-refractivity contribution in [1.82, 2.24) is 9.55 Å². The Balaban J connectivity index is 1.03. The van der Waals surface area contributed by atoms with Gasteiger partial charge in [-0.3, -0.25) is 4.57 Å². The number of aromatic nitrogens is 2. The van der Waals surface area contributed by atoms with Crippen LogP contribution in [0.4, 0.5) is 22.7 Å². The zero-order valence-electron chi connectivity index (χ0n) is 53.9. The topological polar surface area (TPSA) is 33.5 Å². The summed E-state index contributed by atoms with van der Waals surface area (Å²) in [6, 6.07) is 60.0. The van der Waals surface area contributed by atoms with E-state index in [1.807, 2.05) is 17.5 Å². The summed E-state index contributed by atoms with van der Waals surface area (Å²) in [7, 11) is 0. The highest BCUT2D eigenvalue weighted by atomic mass is 32.1. The molecule has 0 unspecified atom stereocenters. The first-order valence-electron chi connectivity index (χ1n) is 30.6. The number of para-hydroxylation sites is 3. The second kappa shape index (κ2) is 20.2. The fourth-order valence-corrected chi connectivity index (χ4v) is 13.9. The van der Waals surface area contributed by atoms with Crippen molar-refractivity contribution in [1.29, 1.82) is 0 Å². The Hall–Kier alpha value is -7.67. The first kappa shape index (κ1) is 57.7. The molecule has 1 aliphatic heterocycles. The number of hydrogen-bond acceptors (Lipinski definition) is 5. The van der Waals surface area contributed by atoms with Crippen LogP contribution in [0.2, 0.25) is 0 Å². The van der Waals surface area contributed by atoms with Gasteiger partial charge in [0.25, 0.3) is 0 Å². The number of ether oxygens (including phenoxy) is 1. The molecular weight excluding hydrogens is 1050 g/mol. The molecule has 12 rings (SSSR count). The maximum atomic E-state index is 7.28. The molecule has 5 nitrogen and oxygen atoms in total. The van der Waals surface area contributed by atoms with Crippen molar-refractivity contribution in [2.45, 2.75) is 164 Å². The quantitative estimate of drug-likeness (QED) is 0.159. The van der Waals surface area contributed by atoms with E-state index in [2.05, 4.69) is 304 Å². The van der Waals surface area contributed by atoms with Gasteiger partial charge in [0.1, 0.15) is 24.0 Å². The normalized spacial score (nSPS) is 13.7. The van der Waals surface area contributed by atoms with E-state index in [0.717, 1.165) is 45.4 Å². The van der Waals surface area contributed by atoms with E-state index in [-0.39, 0.29) is 32.5 Å². The Labute approximate surface area is 510 Å². The van der Waals surface area contributed by atoms with Crippen molar-refractivity contribution in [3.8, 4) is 39.6 Å². The maximum Gasteiger partial charge on any atom is 0.137 e. The minimum atomic E-state index is -0.188. The number of aryl methyl sites for hydroxylation is 1. The van der Waals surface area contributed by atoms with E-state index in [9.17, 15) is 0 Å².